The molecule has 1 fully saturated rings. The van der Waals surface area contributed by atoms with E-state index in [0.717, 1.165) is 6.54 Å². The maximum absolute atomic E-state index is 3.77. The molecule has 148 valence electrons. The molecule has 0 saturated carbocycles. The van der Waals surface area contributed by atoms with Gasteiger partial charge in [0, 0.05) is 12.0 Å². The van der Waals surface area contributed by atoms with Gasteiger partial charge in [-0.1, -0.05) is 109 Å². The highest BCUT2D eigenvalue weighted by Crippen LogP contribution is 2.35. The van der Waals surface area contributed by atoms with E-state index in [1.165, 1.54) is 46.2 Å². The predicted octanol–water partition coefficient (Wildman–Crippen LogP) is 6.90. The first kappa shape index (κ1) is 18.8. The topological polar surface area (TPSA) is 12.0 Å². The molecule has 1 nitrogen and oxygen atoms in total. The Bertz CT molecular complexity index is 1010. The Kier molecular flexibility index (Phi) is 5.46. The third-order valence-electron chi connectivity index (χ3n) is 6.21. The van der Waals surface area contributed by atoms with Crippen LogP contribution in [-0.2, 0) is 0 Å². The van der Waals surface area contributed by atoms with Crippen molar-refractivity contribution in [3.8, 4) is 22.3 Å². The van der Waals surface area contributed by atoms with Crippen LogP contribution in [0.1, 0.15) is 29.9 Å². The van der Waals surface area contributed by atoms with Crippen LogP contribution in [0.3, 0.4) is 0 Å². The summed E-state index contributed by atoms with van der Waals surface area (Å²) < 4.78 is 0. The molecule has 1 saturated heterocycles. The van der Waals surface area contributed by atoms with E-state index in [4.69, 9.17) is 0 Å². The number of rotatable bonds is 5. The Labute approximate surface area is 179 Å². The highest BCUT2D eigenvalue weighted by atomic mass is 14.9. The smallest absolute Gasteiger partial charge is 0.0243 e. The molecular formula is C29H27N. The van der Waals surface area contributed by atoms with Gasteiger partial charge >= 0.3 is 0 Å². The van der Waals surface area contributed by atoms with Gasteiger partial charge in [-0.25, -0.2) is 0 Å². The van der Waals surface area contributed by atoms with Gasteiger partial charge in [-0.3, -0.25) is 0 Å². The largest absolute Gasteiger partial charge is 0.313 e. The van der Waals surface area contributed by atoms with Gasteiger partial charge in [0.05, 0.1) is 0 Å². The van der Waals surface area contributed by atoms with Gasteiger partial charge in [0.2, 0.25) is 0 Å². The van der Waals surface area contributed by atoms with Crippen molar-refractivity contribution < 1.29 is 0 Å². The molecule has 1 unspecified atom stereocenters. The van der Waals surface area contributed by atoms with E-state index in [1.54, 1.807) is 0 Å². The fourth-order valence-corrected chi connectivity index (χ4v) is 4.74. The number of hydrogen-bond donors (Lipinski definition) is 1. The highest BCUT2D eigenvalue weighted by molar-refractivity contribution is 5.66. The molecule has 1 N–H and O–H groups in total. The lowest BCUT2D eigenvalue weighted by Gasteiger charge is -2.26. The Morgan fingerprint density at radius 3 is 1.53 bits per heavy atom. The van der Waals surface area contributed by atoms with E-state index in [2.05, 4.69) is 115 Å². The molecule has 0 radical (unpaired) electrons. The molecule has 1 aliphatic heterocycles. The first-order valence-electron chi connectivity index (χ1n) is 10.9. The second kappa shape index (κ2) is 8.69. The fourth-order valence-electron chi connectivity index (χ4n) is 4.74. The number of nitrogens with one attached hydrogen (secondary N) is 1. The zero-order valence-corrected chi connectivity index (χ0v) is 17.2. The summed E-state index contributed by atoms with van der Waals surface area (Å²) in [5.41, 5.74) is 7.90. The van der Waals surface area contributed by atoms with E-state index >= 15 is 0 Å². The molecule has 0 aliphatic carbocycles. The Balaban J connectivity index is 1.57. The van der Waals surface area contributed by atoms with Gasteiger partial charge in [0.25, 0.3) is 0 Å². The second-order valence-electron chi connectivity index (χ2n) is 8.16. The Morgan fingerprint density at radius 1 is 0.567 bits per heavy atom. The van der Waals surface area contributed by atoms with Crippen molar-refractivity contribution >= 4 is 0 Å². The van der Waals surface area contributed by atoms with E-state index in [-0.39, 0.29) is 0 Å². The van der Waals surface area contributed by atoms with E-state index in [1.807, 2.05) is 0 Å². The maximum atomic E-state index is 3.77. The highest BCUT2D eigenvalue weighted by Gasteiger charge is 2.28. The van der Waals surface area contributed by atoms with Crippen LogP contribution in [0.4, 0.5) is 0 Å². The van der Waals surface area contributed by atoms with Crippen LogP contribution in [0.15, 0.2) is 109 Å². The molecule has 0 aromatic heterocycles. The molecule has 0 amide bonds. The molecule has 5 rings (SSSR count). The van der Waals surface area contributed by atoms with Gasteiger partial charge < -0.3 is 5.32 Å². The van der Waals surface area contributed by atoms with Gasteiger partial charge in [-0.05, 0) is 52.8 Å². The summed E-state index contributed by atoms with van der Waals surface area (Å²) >= 11 is 0. The van der Waals surface area contributed by atoms with Crippen LogP contribution in [-0.4, -0.2) is 12.6 Å². The van der Waals surface area contributed by atoms with Gasteiger partial charge in [0.15, 0.2) is 0 Å². The van der Waals surface area contributed by atoms with E-state index in [0.29, 0.717) is 12.0 Å². The summed E-state index contributed by atoms with van der Waals surface area (Å²) in [5.74, 6) is 0.347. The lowest BCUT2D eigenvalue weighted by atomic mass is 9.82. The molecule has 1 atom stereocenters. The quantitative estimate of drug-likeness (QED) is 0.391. The molecule has 4 aromatic rings. The average Bonchev–Trinajstić information content (AvgIpc) is 3.35. The summed E-state index contributed by atoms with van der Waals surface area (Å²) in [6, 6.07) is 40.1. The SMILES string of the molecule is c1ccc(-c2cccc(C(c3cccc(-c4ccccc4)c3)C3CCCN3)c2)cc1. The van der Waals surface area contributed by atoms with Crippen molar-refractivity contribution in [1.82, 2.24) is 5.32 Å². The lowest BCUT2D eigenvalue weighted by Crippen LogP contribution is -2.29. The molecule has 0 spiro atoms. The van der Waals surface area contributed by atoms with Crippen molar-refractivity contribution in [3.63, 3.8) is 0 Å². The summed E-state index contributed by atoms with van der Waals surface area (Å²) in [6.07, 6.45) is 2.47. The van der Waals surface area contributed by atoms with Crippen LogP contribution < -0.4 is 5.32 Å². The van der Waals surface area contributed by atoms with Gasteiger partial charge in [0.1, 0.15) is 0 Å². The first-order valence-corrected chi connectivity index (χ1v) is 10.9. The zero-order valence-electron chi connectivity index (χ0n) is 17.2. The van der Waals surface area contributed by atoms with Crippen molar-refractivity contribution in [1.29, 1.82) is 0 Å². The monoisotopic (exact) mass is 389 g/mol. The molecule has 1 heterocycles. The van der Waals surface area contributed by atoms with E-state index < -0.39 is 0 Å². The minimum absolute atomic E-state index is 0.347. The third kappa shape index (κ3) is 3.94. The van der Waals surface area contributed by atoms with Crippen LogP contribution in [0, 0.1) is 0 Å². The summed E-state index contributed by atoms with van der Waals surface area (Å²) in [6.45, 7) is 1.11. The lowest BCUT2D eigenvalue weighted by molar-refractivity contribution is 0.541. The third-order valence-corrected chi connectivity index (χ3v) is 6.21. The Morgan fingerprint density at radius 2 is 1.07 bits per heavy atom. The van der Waals surface area contributed by atoms with Crippen molar-refractivity contribution in [2.24, 2.45) is 0 Å². The predicted molar refractivity (Wildman–Crippen MR) is 127 cm³/mol. The van der Waals surface area contributed by atoms with Crippen molar-refractivity contribution in [2.45, 2.75) is 24.8 Å². The Hall–Kier alpha value is -3.16. The maximum Gasteiger partial charge on any atom is 0.0243 e. The zero-order chi connectivity index (χ0) is 20.2. The molecule has 1 heteroatoms. The average molecular weight is 390 g/mol. The van der Waals surface area contributed by atoms with Crippen LogP contribution in [0.5, 0.6) is 0 Å². The molecule has 4 aromatic carbocycles. The number of benzene rings is 4. The van der Waals surface area contributed by atoms with Gasteiger partial charge in [-0.2, -0.15) is 0 Å². The molecular weight excluding hydrogens is 362 g/mol. The van der Waals surface area contributed by atoms with Crippen molar-refractivity contribution in [3.05, 3.63) is 120 Å². The molecule has 1 aliphatic rings. The summed E-state index contributed by atoms with van der Waals surface area (Å²) in [5, 5.41) is 3.77. The van der Waals surface area contributed by atoms with Crippen LogP contribution >= 0.6 is 0 Å². The van der Waals surface area contributed by atoms with Gasteiger partial charge in [-0.15, -0.1) is 0 Å². The fraction of sp³-hybridized carbons (Fsp3) is 0.172. The summed E-state index contributed by atoms with van der Waals surface area (Å²) in [4.78, 5) is 0. The number of hydrogen-bond acceptors (Lipinski definition) is 1. The second-order valence-corrected chi connectivity index (χ2v) is 8.16. The van der Waals surface area contributed by atoms with Crippen LogP contribution in [0.2, 0.25) is 0 Å². The van der Waals surface area contributed by atoms with E-state index in [9.17, 15) is 0 Å². The molecule has 30 heavy (non-hydrogen) atoms. The minimum atomic E-state index is 0.347. The normalized spacial score (nSPS) is 16.1. The standard InChI is InChI=1S/C29H27N/c1-3-10-22(11-4-1)24-14-7-16-26(20-24)29(28-18-9-19-30-28)27-17-8-15-25(21-27)23-12-5-2-6-13-23/h1-8,10-17,20-21,28-30H,9,18-19H2. The van der Waals surface area contributed by atoms with Crippen molar-refractivity contribution in [2.75, 3.05) is 6.54 Å². The minimum Gasteiger partial charge on any atom is -0.313 e. The first-order chi connectivity index (χ1) is 14.9. The van der Waals surface area contributed by atoms with Crippen LogP contribution in [0.25, 0.3) is 22.3 Å². The summed E-state index contributed by atoms with van der Waals surface area (Å²) in [7, 11) is 0. The molecule has 0 bridgehead atoms.